The lowest BCUT2D eigenvalue weighted by Gasteiger charge is -2.12. The summed E-state index contributed by atoms with van der Waals surface area (Å²) in [4.78, 5) is 12.1. The van der Waals surface area contributed by atoms with Crippen LogP contribution in [-0.4, -0.2) is 31.8 Å². The SMILES string of the molecule is Cc1ccc(NCC(=O)Nc2ccc(OCC3CCCO3)cc2)cc1C. The molecule has 1 atom stereocenters. The second-order valence-electron chi connectivity index (χ2n) is 6.67. The first-order valence-corrected chi connectivity index (χ1v) is 9.05. The van der Waals surface area contributed by atoms with Crippen LogP contribution in [-0.2, 0) is 9.53 Å². The molecule has 1 unspecified atom stereocenters. The second-order valence-corrected chi connectivity index (χ2v) is 6.67. The third-order valence-electron chi connectivity index (χ3n) is 4.56. The highest BCUT2D eigenvalue weighted by Crippen LogP contribution is 2.19. The van der Waals surface area contributed by atoms with Crippen LogP contribution in [0.5, 0.6) is 5.75 Å². The predicted molar refractivity (Wildman–Crippen MR) is 104 cm³/mol. The maximum Gasteiger partial charge on any atom is 0.243 e. The smallest absolute Gasteiger partial charge is 0.243 e. The molecule has 5 nitrogen and oxygen atoms in total. The molecule has 1 heterocycles. The van der Waals surface area contributed by atoms with E-state index in [2.05, 4.69) is 24.5 Å². The first-order valence-electron chi connectivity index (χ1n) is 9.05. The van der Waals surface area contributed by atoms with Crippen LogP contribution in [0, 0.1) is 13.8 Å². The standard InChI is InChI=1S/C21H26N2O3/c1-15-5-6-18(12-16(15)2)22-13-21(24)23-17-7-9-19(10-8-17)26-14-20-4-3-11-25-20/h5-10,12,20,22H,3-4,11,13-14H2,1-2H3,(H,23,24). The highest BCUT2D eigenvalue weighted by molar-refractivity contribution is 5.93. The fraction of sp³-hybridized carbons (Fsp3) is 0.381. The normalized spacial score (nSPS) is 16.3. The van der Waals surface area contributed by atoms with E-state index in [1.54, 1.807) is 0 Å². The highest BCUT2D eigenvalue weighted by Gasteiger charge is 2.15. The van der Waals surface area contributed by atoms with E-state index in [9.17, 15) is 4.79 Å². The van der Waals surface area contributed by atoms with Gasteiger partial charge >= 0.3 is 0 Å². The van der Waals surface area contributed by atoms with Gasteiger partial charge in [-0.1, -0.05) is 6.07 Å². The van der Waals surface area contributed by atoms with Crippen LogP contribution < -0.4 is 15.4 Å². The van der Waals surface area contributed by atoms with Gasteiger partial charge in [-0.15, -0.1) is 0 Å². The van der Waals surface area contributed by atoms with Crippen molar-refractivity contribution >= 4 is 17.3 Å². The first kappa shape index (κ1) is 18.3. The molecule has 0 radical (unpaired) electrons. The van der Waals surface area contributed by atoms with Crippen LogP contribution in [0.4, 0.5) is 11.4 Å². The van der Waals surface area contributed by atoms with Crippen molar-refractivity contribution in [3.8, 4) is 5.75 Å². The molecular weight excluding hydrogens is 328 g/mol. The van der Waals surface area contributed by atoms with E-state index in [1.165, 1.54) is 11.1 Å². The molecule has 26 heavy (non-hydrogen) atoms. The van der Waals surface area contributed by atoms with Crippen molar-refractivity contribution in [3.05, 3.63) is 53.6 Å². The van der Waals surface area contributed by atoms with Crippen molar-refractivity contribution in [1.82, 2.24) is 0 Å². The maximum absolute atomic E-state index is 12.1. The number of ether oxygens (including phenoxy) is 2. The molecule has 0 saturated carbocycles. The van der Waals surface area contributed by atoms with Crippen LogP contribution in [0.3, 0.4) is 0 Å². The van der Waals surface area contributed by atoms with E-state index in [0.717, 1.165) is 36.6 Å². The molecule has 2 N–H and O–H groups in total. The molecule has 0 aliphatic carbocycles. The van der Waals surface area contributed by atoms with Gasteiger partial charge in [0, 0.05) is 18.0 Å². The Balaban J connectivity index is 1.44. The maximum atomic E-state index is 12.1. The minimum atomic E-state index is -0.0868. The minimum absolute atomic E-state index is 0.0868. The van der Waals surface area contributed by atoms with Crippen molar-refractivity contribution < 1.29 is 14.3 Å². The van der Waals surface area contributed by atoms with Gasteiger partial charge in [-0.2, -0.15) is 0 Å². The van der Waals surface area contributed by atoms with Gasteiger partial charge in [-0.25, -0.2) is 0 Å². The van der Waals surface area contributed by atoms with E-state index in [0.29, 0.717) is 6.61 Å². The van der Waals surface area contributed by atoms with Gasteiger partial charge in [0.05, 0.1) is 12.6 Å². The van der Waals surface area contributed by atoms with E-state index >= 15 is 0 Å². The summed E-state index contributed by atoms with van der Waals surface area (Å²) in [5.74, 6) is 0.697. The Bertz CT molecular complexity index is 737. The summed E-state index contributed by atoms with van der Waals surface area (Å²) < 4.78 is 11.3. The summed E-state index contributed by atoms with van der Waals surface area (Å²) in [6.45, 7) is 5.75. The zero-order chi connectivity index (χ0) is 18.4. The molecule has 3 rings (SSSR count). The molecule has 2 aromatic rings. The molecule has 0 bridgehead atoms. The van der Waals surface area contributed by atoms with Gasteiger partial charge in [0.25, 0.3) is 0 Å². The lowest BCUT2D eigenvalue weighted by atomic mass is 10.1. The topological polar surface area (TPSA) is 59.6 Å². The van der Waals surface area contributed by atoms with Gasteiger partial charge in [0.2, 0.25) is 5.91 Å². The number of aryl methyl sites for hydroxylation is 2. The summed E-state index contributed by atoms with van der Waals surface area (Å²) in [6, 6.07) is 13.5. The number of rotatable bonds is 7. The number of nitrogens with one attached hydrogen (secondary N) is 2. The Labute approximate surface area is 154 Å². The van der Waals surface area contributed by atoms with E-state index in [4.69, 9.17) is 9.47 Å². The number of anilines is 2. The third-order valence-corrected chi connectivity index (χ3v) is 4.56. The predicted octanol–water partition coefficient (Wildman–Crippen LogP) is 3.91. The summed E-state index contributed by atoms with van der Waals surface area (Å²) >= 11 is 0. The van der Waals surface area contributed by atoms with E-state index in [1.807, 2.05) is 42.5 Å². The third kappa shape index (κ3) is 5.23. The van der Waals surface area contributed by atoms with Crippen LogP contribution in [0.1, 0.15) is 24.0 Å². The van der Waals surface area contributed by atoms with Gasteiger partial charge in [-0.05, 0) is 74.2 Å². The van der Waals surface area contributed by atoms with Gasteiger partial charge in [-0.3, -0.25) is 4.79 Å². The highest BCUT2D eigenvalue weighted by atomic mass is 16.5. The fourth-order valence-corrected chi connectivity index (χ4v) is 2.84. The molecule has 1 aliphatic rings. The minimum Gasteiger partial charge on any atom is -0.491 e. The zero-order valence-corrected chi connectivity index (χ0v) is 15.4. The molecule has 5 heteroatoms. The molecule has 1 aliphatic heterocycles. The average molecular weight is 354 g/mol. The summed E-state index contributed by atoms with van der Waals surface area (Å²) in [7, 11) is 0. The van der Waals surface area contributed by atoms with Gasteiger partial charge in [0.15, 0.2) is 0 Å². The summed E-state index contributed by atoms with van der Waals surface area (Å²) in [6.07, 6.45) is 2.36. The number of benzene rings is 2. The fourth-order valence-electron chi connectivity index (χ4n) is 2.84. The van der Waals surface area contributed by atoms with Crippen molar-refractivity contribution in [2.24, 2.45) is 0 Å². The summed E-state index contributed by atoms with van der Waals surface area (Å²) in [5.41, 5.74) is 4.14. The number of carbonyl (C=O) groups excluding carboxylic acids is 1. The molecular formula is C21H26N2O3. The molecule has 0 spiro atoms. The number of amides is 1. The largest absolute Gasteiger partial charge is 0.491 e. The monoisotopic (exact) mass is 354 g/mol. The van der Waals surface area contributed by atoms with Crippen molar-refractivity contribution in [1.29, 1.82) is 0 Å². The quantitative estimate of drug-likeness (QED) is 0.791. The lowest BCUT2D eigenvalue weighted by molar-refractivity contribution is -0.114. The Kier molecular flexibility index (Phi) is 6.12. The Morgan fingerprint density at radius 3 is 2.58 bits per heavy atom. The van der Waals surface area contributed by atoms with E-state index in [-0.39, 0.29) is 18.6 Å². The van der Waals surface area contributed by atoms with Gasteiger partial charge in [0.1, 0.15) is 12.4 Å². The number of hydrogen-bond donors (Lipinski definition) is 2. The zero-order valence-electron chi connectivity index (χ0n) is 15.4. The lowest BCUT2D eigenvalue weighted by Crippen LogP contribution is -2.21. The van der Waals surface area contributed by atoms with Crippen LogP contribution in [0.15, 0.2) is 42.5 Å². The van der Waals surface area contributed by atoms with Crippen molar-refractivity contribution in [2.75, 3.05) is 30.4 Å². The average Bonchev–Trinajstić information content (AvgIpc) is 3.16. The molecule has 1 fully saturated rings. The first-order chi connectivity index (χ1) is 12.6. The Hall–Kier alpha value is -2.53. The van der Waals surface area contributed by atoms with Crippen LogP contribution in [0.25, 0.3) is 0 Å². The number of carbonyl (C=O) groups is 1. The van der Waals surface area contributed by atoms with E-state index < -0.39 is 0 Å². The molecule has 2 aromatic carbocycles. The van der Waals surface area contributed by atoms with Crippen molar-refractivity contribution in [3.63, 3.8) is 0 Å². The van der Waals surface area contributed by atoms with Crippen molar-refractivity contribution in [2.45, 2.75) is 32.8 Å². The molecule has 0 aromatic heterocycles. The van der Waals surface area contributed by atoms with Crippen LogP contribution in [0.2, 0.25) is 0 Å². The second kappa shape index (κ2) is 8.72. The Morgan fingerprint density at radius 2 is 1.88 bits per heavy atom. The molecule has 1 saturated heterocycles. The number of hydrogen-bond acceptors (Lipinski definition) is 4. The Morgan fingerprint density at radius 1 is 1.12 bits per heavy atom. The molecule has 1 amide bonds. The molecule has 138 valence electrons. The van der Waals surface area contributed by atoms with Crippen LogP contribution >= 0.6 is 0 Å². The summed E-state index contributed by atoms with van der Waals surface area (Å²) in [5, 5.41) is 6.03. The van der Waals surface area contributed by atoms with Gasteiger partial charge < -0.3 is 20.1 Å².